The van der Waals surface area contributed by atoms with E-state index in [1.54, 1.807) is 13.8 Å². The molecule has 1 aromatic rings. The van der Waals surface area contributed by atoms with E-state index in [9.17, 15) is 14.4 Å². The molecule has 0 aliphatic heterocycles. The molecule has 0 bridgehead atoms. The Morgan fingerprint density at radius 1 is 1.27 bits per heavy atom. The smallest absolute Gasteiger partial charge is 0.339 e. The van der Waals surface area contributed by atoms with Crippen LogP contribution in [0.15, 0.2) is 16.6 Å². The van der Waals surface area contributed by atoms with Gasteiger partial charge in [-0.15, -0.1) is 0 Å². The van der Waals surface area contributed by atoms with Crippen molar-refractivity contribution in [2.75, 3.05) is 13.7 Å². The first kappa shape index (κ1) is 21.8. The molecule has 3 N–H and O–H groups in total. The van der Waals surface area contributed by atoms with Gasteiger partial charge in [-0.05, 0) is 40.4 Å². The first-order valence-electron chi connectivity index (χ1n) is 8.02. The monoisotopic (exact) mass is 430 g/mol. The maximum absolute atomic E-state index is 12.5. The SMILES string of the molecule is CCCOc1c(Br)cc(C(=O)OC(C(=O)NC(N)=O)C(C)C)cc1OC. The Labute approximate surface area is 160 Å². The molecular formula is C17H23BrN2O6. The third-order valence-corrected chi connectivity index (χ3v) is 3.85. The van der Waals surface area contributed by atoms with E-state index in [4.69, 9.17) is 19.9 Å². The van der Waals surface area contributed by atoms with Crippen LogP contribution in [-0.2, 0) is 9.53 Å². The van der Waals surface area contributed by atoms with Gasteiger partial charge in [-0.3, -0.25) is 10.1 Å². The van der Waals surface area contributed by atoms with Crippen molar-refractivity contribution in [2.24, 2.45) is 11.7 Å². The Kier molecular flexibility index (Phi) is 8.37. The summed E-state index contributed by atoms with van der Waals surface area (Å²) < 4.78 is 16.6. The third kappa shape index (κ3) is 5.91. The molecule has 0 saturated carbocycles. The van der Waals surface area contributed by atoms with Crippen molar-refractivity contribution in [1.29, 1.82) is 0 Å². The van der Waals surface area contributed by atoms with E-state index < -0.39 is 24.0 Å². The quantitative estimate of drug-likeness (QED) is 0.612. The van der Waals surface area contributed by atoms with E-state index in [1.165, 1.54) is 19.2 Å². The molecule has 3 amide bonds. The average molecular weight is 431 g/mol. The molecule has 1 rings (SSSR count). The van der Waals surface area contributed by atoms with Gasteiger partial charge in [0.25, 0.3) is 5.91 Å². The summed E-state index contributed by atoms with van der Waals surface area (Å²) in [6.07, 6.45) is -0.361. The highest BCUT2D eigenvalue weighted by atomic mass is 79.9. The number of hydrogen-bond donors (Lipinski definition) is 2. The van der Waals surface area contributed by atoms with Gasteiger partial charge < -0.3 is 19.9 Å². The van der Waals surface area contributed by atoms with Crippen LogP contribution < -0.4 is 20.5 Å². The molecule has 0 aliphatic carbocycles. The lowest BCUT2D eigenvalue weighted by Crippen LogP contribution is -2.45. The molecule has 26 heavy (non-hydrogen) atoms. The summed E-state index contributed by atoms with van der Waals surface area (Å²) in [5.41, 5.74) is 5.10. The summed E-state index contributed by atoms with van der Waals surface area (Å²) in [7, 11) is 1.45. The highest BCUT2D eigenvalue weighted by molar-refractivity contribution is 9.10. The number of esters is 1. The number of imide groups is 1. The highest BCUT2D eigenvalue weighted by Crippen LogP contribution is 2.37. The molecule has 144 valence electrons. The Bertz CT molecular complexity index is 677. The zero-order chi connectivity index (χ0) is 19.9. The zero-order valence-corrected chi connectivity index (χ0v) is 16.7. The first-order chi connectivity index (χ1) is 12.2. The average Bonchev–Trinajstić information content (AvgIpc) is 2.56. The van der Waals surface area contributed by atoms with Crippen molar-refractivity contribution >= 4 is 33.8 Å². The van der Waals surface area contributed by atoms with Crippen LogP contribution in [0.5, 0.6) is 11.5 Å². The van der Waals surface area contributed by atoms with Gasteiger partial charge in [0.2, 0.25) is 0 Å². The highest BCUT2D eigenvalue weighted by Gasteiger charge is 2.28. The number of rotatable bonds is 8. The fraction of sp³-hybridized carbons (Fsp3) is 0.471. The van der Waals surface area contributed by atoms with Crippen molar-refractivity contribution in [1.82, 2.24) is 5.32 Å². The van der Waals surface area contributed by atoms with E-state index in [1.807, 2.05) is 12.2 Å². The van der Waals surface area contributed by atoms with Gasteiger partial charge in [0, 0.05) is 0 Å². The molecular weight excluding hydrogens is 408 g/mol. The number of carbonyl (C=O) groups is 3. The second-order valence-electron chi connectivity index (χ2n) is 5.76. The molecule has 1 unspecified atom stereocenters. The molecule has 0 aromatic heterocycles. The lowest BCUT2D eigenvalue weighted by molar-refractivity contribution is -0.130. The Balaban J connectivity index is 3.06. The van der Waals surface area contributed by atoms with Crippen LogP contribution in [0, 0.1) is 5.92 Å². The van der Waals surface area contributed by atoms with E-state index in [0.717, 1.165) is 6.42 Å². The van der Waals surface area contributed by atoms with Gasteiger partial charge in [0.15, 0.2) is 17.6 Å². The summed E-state index contributed by atoms with van der Waals surface area (Å²) in [5.74, 6) is -1.07. The minimum Gasteiger partial charge on any atom is -0.493 e. The predicted octanol–water partition coefficient (Wildman–Crippen LogP) is 2.62. The van der Waals surface area contributed by atoms with Gasteiger partial charge in [0.05, 0.1) is 23.8 Å². The lowest BCUT2D eigenvalue weighted by atomic mass is 10.1. The summed E-state index contributed by atoms with van der Waals surface area (Å²) in [5, 5.41) is 1.92. The Hall–Kier alpha value is -2.29. The van der Waals surface area contributed by atoms with E-state index in [0.29, 0.717) is 22.6 Å². The number of carbonyl (C=O) groups excluding carboxylic acids is 3. The Morgan fingerprint density at radius 3 is 2.42 bits per heavy atom. The summed E-state index contributed by atoms with van der Waals surface area (Å²) in [4.78, 5) is 35.3. The van der Waals surface area contributed by atoms with E-state index >= 15 is 0 Å². The van der Waals surface area contributed by atoms with Crippen LogP contribution in [0.4, 0.5) is 4.79 Å². The number of benzene rings is 1. The number of primary amides is 1. The standard InChI is InChI=1S/C17H23BrN2O6/c1-5-6-25-14-11(18)7-10(8-12(14)24-4)16(22)26-13(9(2)3)15(21)20-17(19)23/h7-9,13H,5-6H2,1-4H3,(H3,19,20,21,23). The maximum atomic E-state index is 12.5. The van der Waals surface area contributed by atoms with Crippen LogP contribution in [0.2, 0.25) is 0 Å². The molecule has 0 spiro atoms. The number of ether oxygens (including phenoxy) is 3. The molecule has 0 radical (unpaired) electrons. The normalized spacial score (nSPS) is 11.6. The molecule has 1 atom stereocenters. The number of halogens is 1. The van der Waals surface area contributed by atoms with Gasteiger partial charge >= 0.3 is 12.0 Å². The van der Waals surface area contributed by atoms with E-state index in [2.05, 4.69) is 15.9 Å². The minimum absolute atomic E-state index is 0.162. The second kappa shape index (κ2) is 10.0. The fourth-order valence-electron chi connectivity index (χ4n) is 2.05. The van der Waals surface area contributed by atoms with Crippen molar-refractivity contribution in [2.45, 2.75) is 33.3 Å². The van der Waals surface area contributed by atoms with Crippen LogP contribution in [0.3, 0.4) is 0 Å². The van der Waals surface area contributed by atoms with Crippen LogP contribution in [0.25, 0.3) is 0 Å². The van der Waals surface area contributed by atoms with Crippen molar-refractivity contribution in [3.05, 3.63) is 22.2 Å². The van der Waals surface area contributed by atoms with E-state index in [-0.39, 0.29) is 11.5 Å². The third-order valence-electron chi connectivity index (χ3n) is 3.26. The summed E-state index contributed by atoms with van der Waals surface area (Å²) >= 11 is 3.34. The number of methoxy groups -OCH3 is 1. The van der Waals surface area contributed by atoms with Crippen molar-refractivity contribution in [3.63, 3.8) is 0 Å². The van der Waals surface area contributed by atoms with Crippen molar-refractivity contribution < 1.29 is 28.6 Å². The first-order valence-corrected chi connectivity index (χ1v) is 8.82. The molecule has 1 aromatic carbocycles. The number of urea groups is 1. The van der Waals surface area contributed by atoms with Gasteiger partial charge in [-0.25, -0.2) is 9.59 Å². The summed E-state index contributed by atoms with van der Waals surface area (Å²) in [6, 6.07) is 1.96. The molecule has 0 aliphatic rings. The van der Waals surface area contributed by atoms with Crippen molar-refractivity contribution in [3.8, 4) is 11.5 Å². The number of nitrogens with two attached hydrogens (primary N) is 1. The molecule has 0 saturated heterocycles. The summed E-state index contributed by atoms with van der Waals surface area (Å²) in [6.45, 7) is 5.81. The van der Waals surface area contributed by atoms with Gasteiger partial charge in [-0.2, -0.15) is 0 Å². The molecule has 8 nitrogen and oxygen atoms in total. The zero-order valence-electron chi connectivity index (χ0n) is 15.1. The largest absolute Gasteiger partial charge is 0.493 e. The lowest BCUT2D eigenvalue weighted by Gasteiger charge is -2.20. The minimum atomic E-state index is -1.17. The Morgan fingerprint density at radius 2 is 1.92 bits per heavy atom. The second-order valence-corrected chi connectivity index (χ2v) is 6.62. The van der Waals surface area contributed by atoms with Crippen LogP contribution >= 0.6 is 15.9 Å². The van der Waals surface area contributed by atoms with Gasteiger partial charge in [0.1, 0.15) is 0 Å². The topological polar surface area (TPSA) is 117 Å². The molecule has 9 heteroatoms. The van der Waals surface area contributed by atoms with Crippen LogP contribution in [0.1, 0.15) is 37.6 Å². The number of amides is 3. The number of hydrogen-bond acceptors (Lipinski definition) is 6. The number of nitrogens with one attached hydrogen (secondary N) is 1. The molecule has 0 fully saturated rings. The van der Waals surface area contributed by atoms with Gasteiger partial charge in [-0.1, -0.05) is 20.8 Å². The maximum Gasteiger partial charge on any atom is 0.339 e. The molecule has 0 heterocycles. The van der Waals surface area contributed by atoms with Crippen LogP contribution in [-0.4, -0.2) is 37.7 Å². The fourth-order valence-corrected chi connectivity index (χ4v) is 2.61. The predicted molar refractivity (Wildman–Crippen MR) is 98.2 cm³/mol.